The van der Waals surface area contributed by atoms with E-state index in [-0.39, 0.29) is 11.1 Å². The molecular formula is C25H53N. The van der Waals surface area contributed by atoms with Gasteiger partial charge in [0.05, 0.1) is 0 Å². The molecule has 0 bridgehead atoms. The van der Waals surface area contributed by atoms with E-state index in [4.69, 9.17) is 0 Å². The van der Waals surface area contributed by atoms with E-state index in [0.29, 0.717) is 0 Å². The van der Waals surface area contributed by atoms with Crippen LogP contribution in [0.25, 0.3) is 0 Å². The lowest BCUT2D eigenvalue weighted by molar-refractivity contribution is 0.0367. The summed E-state index contributed by atoms with van der Waals surface area (Å²) in [5.41, 5.74) is 0.544. The lowest BCUT2D eigenvalue weighted by Gasteiger charge is -2.45. The van der Waals surface area contributed by atoms with Crippen molar-refractivity contribution in [3.63, 3.8) is 0 Å². The van der Waals surface area contributed by atoms with Crippen molar-refractivity contribution in [1.82, 2.24) is 4.90 Å². The van der Waals surface area contributed by atoms with Gasteiger partial charge in [0.1, 0.15) is 0 Å². The molecule has 0 aliphatic carbocycles. The van der Waals surface area contributed by atoms with E-state index in [0.717, 1.165) is 0 Å². The van der Waals surface area contributed by atoms with E-state index in [1.54, 1.807) is 0 Å². The summed E-state index contributed by atoms with van der Waals surface area (Å²) in [6.07, 6.45) is 21.6. The smallest absolute Gasteiger partial charge is 0.0130 e. The van der Waals surface area contributed by atoms with Crippen molar-refractivity contribution in [3.05, 3.63) is 0 Å². The Morgan fingerprint density at radius 2 is 0.692 bits per heavy atom. The number of hydrogen-bond donors (Lipinski definition) is 0. The van der Waals surface area contributed by atoms with Crippen molar-refractivity contribution >= 4 is 0 Å². The third-order valence-electron chi connectivity index (χ3n) is 5.60. The molecule has 158 valence electrons. The van der Waals surface area contributed by atoms with Gasteiger partial charge in [-0.25, -0.2) is 0 Å². The molecule has 0 aliphatic rings. The van der Waals surface area contributed by atoms with Gasteiger partial charge in [-0.3, -0.25) is 4.90 Å². The van der Waals surface area contributed by atoms with Gasteiger partial charge in [0.2, 0.25) is 0 Å². The van der Waals surface area contributed by atoms with E-state index in [2.05, 4.69) is 53.4 Å². The second-order valence-electron chi connectivity index (χ2n) is 10.4. The van der Waals surface area contributed by atoms with Crippen molar-refractivity contribution in [2.45, 2.75) is 156 Å². The molecule has 0 spiro atoms. The van der Waals surface area contributed by atoms with Gasteiger partial charge in [0, 0.05) is 11.1 Å². The Hall–Kier alpha value is -0.0400. The van der Waals surface area contributed by atoms with Crippen LogP contribution in [0.2, 0.25) is 0 Å². The number of nitrogens with zero attached hydrogens (tertiary/aromatic N) is 1. The molecule has 0 fully saturated rings. The molecule has 0 aliphatic heterocycles. The standard InChI is InChI=1S/C25H53N/c1-8-9-10-11-12-13-14-15-16-17-18-19-20-21-22-23-26(24(2,3)4)25(5,6)7/h8-23H2,1-7H3. The van der Waals surface area contributed by atoms with Crippen LogP contribution < -0.4 is 0 Å². The second kappa shape index (κ2) is 14.9. The van der Waals surface area contributed by atoms with E-state index >= 15 is 0 Å². The maximum absolute atomic E-state index is 2.67. The van der Waals surface area contributed by atoms with Crippen LogP contribution in [0, 0.1) is 0 Å². The van der Waals surface area contributed by atoms with Gasteiger partial charge in [-0.2, -0.15) is 0 Å². The Bertz CT molecular complexity index is 280. The van der Waals surface area contributed by atoms with Crippen LogP contribution in [0.4, 0.5) is 0 Å². The Morgan fingerprint density at radius 3 is 0.962 bits per heavy atom. The van der Waals surface area contributed by atoms with Crippen molar-refractivity contribution in [2.75, 3.05) is 6.54 Å². The number of unbranched alkanes of at least 4 members (excludes halogenated alkanes) is 14. The fraction of sp³-hybridized carbons (Fsp3) is 1.00. The maximum Gasteiger partial charge on any atom is 0.0130 e. The molecule has 0 aromatic carbocycles. The molecule has 0 unspecified atom stereocenters. The summed E-state index contributed by atoms with van der Waals surface area (Å²) in [6, 6.07) is 0. The molecular weight excluding hydrogens is 314 g/mol. The highest BCUT2D eigenvalue weighted by atomic mass is 15.2. The van der Waals surface area contributed by atoms with Crippen LogP contribution in [0.15, 0.2) is 0 Å². The molecule has 0 rings (SSSR count). The highest BCUT2D eigenvalue weighted by Crippen LogP contribution is 2.25. The topological polar surface area (TPSA) is 3.24 Å². The van der Waals surface area contributed by atoms with Crippen LogP contribution in [-0.4, -0.2) is 22.5 Å². The first-order valence-corrected chi connectivity index (χ1v) is 12.0. The van der Waals surface area contributed by atoms with E-state index < -0.39 is 0 Å². The molecule has 0 heterocycles. The average molecular weight is 368 g/mol. The Labute approximate surface area is 167 Å². The summed E-state index contributed by atoms with van der Waals surface area (Å²) < 4.78 is 0. The van der Waals surface area contributed by atoms with Gasteiger partial charge in [0.25, 0.3) is 0 Å². The Kier molecular flexibility index (Phi) is 14.9. The number of hydrogen-bond acceptors (Lipinski definition) is 1. The normalized spacial score (nSPS) is 12.9. The van der Waals surface area contributed by atoms with Crippen LogP contribution in [0.5, 0.6) is 0 Å². The third kappa shape index (κ3) is 15.1. The van der Waals surface area contributed by atoms with Crippen molar-refractivity contribution < 1.29 is 0 Å². The van der Waals surface area contributed by atoms with Gasteiger partial charge in [0.15, 0.2) is 0 Å². The fourth-order valence-electron chi connectivity index (χ4n) is 4.32. The average Bonchev–Trinajstić information content (AvgIpc) is 2.52. The van der Waals surface area contributed by atoms with Gasteiger partial charge in [-0.15, -0.1) is 0 Å². The van der Waals surface area contributed by atoms with E-state index in [9.17, 15) is 0 Å². The molecule has 0 saturated carbocycles. The summed E-state index contributed by atoms with van der Waals surface area (Å²) in [5.74, 6) is 0. The predicted octanol–water partition coefficient (Wildman–Crippen LogP) is 8.76. The van der Waals surface area contributed by atoms with Gasteiger partial charge in [-0.1, -0.05) is 96.8 Å². The zero-order valence-electron chi connectivity index (χ0n) is 19.8. The molecule has 0 radical (unpaired) electrons. The zero-order chi connectivity index (χ0) is 19.9. The Balaban J connectivity index is 3.43. The molecule has 0 aromatic heterocycles. The Morgan fingerprint density at radius 1 is 0.423 bits per heavy atom. The molecule has 26 heavy (non-hydrogen) atoms. The monoisotopic (exact) mass is 367 g/mol. The van der Waals surface area contributed by atoms with Crippen LogP contribution in [0.3, 0.4) is 0 Å². The minimum Gasteiger partial charge on any atom is -0.294 e. The third-order valence-corrected chi connectivity index (χ3v) is 5.60. The quantitative estimate of drug-likeness (QED) is 0.246. The van der Waals surface area contributed by atoms with E-state index in [1.807, 2.05) is 0 Å². The first-order valence-electron chi connectivity index (χ1n) is 12.0. The highest BCUT2D eigenvalue weighted by molar-refractivity contribution is 4.86. The summed E-state index contributed by atoms with van der Waals surface area (Å²) in [7, 11) is 0. The van der Waals surface area contributed by atoms with E-state index in [1.165, 1.54) is 103 Å². The van der Waals surface area contributed by atoms with Gasteiger partial charge in [-0.05, 0) is 54.5 Å². The lowest BCUT2D eigenvalue weighted by atomic mass is 9.95. The molecule has 0 aromatic rings. The molecule has 0 N–H and O–H groups in total. The molecule has 0 atom stereocenters. The maximum atomic E-state index is 2.67. The highest BCUT2D eigenvalue weighted by Gasteiger charge is 2.30. The van der Waals surface area contributed by atoms with Gasteiger partial charge >= 0.3 is 0 Å². The molecule has 1 nitrogen and oxygen atoms in total. The fourth-order valence-corrected chi connectivity index (χ4v) is 4.32. The first-order chi connectivity index (χ1) is 12.2. The number of rotatable bonds is 16. The lowest BCUT2D eigenvalue weighted by Crippen LogP contribution is -2.52. The van der Waals surface area contributed by atoms with Gasteiger partial charge < -0.3 is 0 Å². The minimum atomic E-state index is 0.272. The molecule has 0 saturated heterocycles. The van der Waals surface area contributed by atoms with Crippen molar-refractivity contribution in [1.29, 1.82) is 0 Å². The predicted molar refractivity (Wildman–Crippen MR) is 121 cm³/mol. The van der Waals surface area contributed by atoms with Crippen LogP contribution in [0.1, 0.15) is 145 Å². The first kappa shape index (κ1) is 26.0. The van der Waals surface area contributed by atoms with Crippen LogP contribution >= 0.6 is 0 Å². The largest absolute Gasteiger partial charge is 0.294 e. The van der Waals surface area contributed by atoms with Crippen molar-refractivity contribution in [3.8, 4) is 0 Å². The summed E-state index contributed by atoms with van der Waals surface area (Å²) in [4.78, 5) is 2.67. The summed E-state index contributed by atoms with van der Waals surface area (Å²) >= 11 is 0. The van der Waals surface area contributed by atoms with Crippen LogP contribution in [-0.2, 0) is 0 Å². The van der Waals surface area contributed by atoms with Crippen molar-refractivity contribution in [2.24, 2.45) is 0 Å². The molecule has 0 amide bonds. The minimum absolute atomic E-state index is 0.272. The zero-order valence-corrected chi connectivity index (χ0v) is 19.8. The second-order valence-corrected chi connectivity index (χ2v) is 10.4. The SMILES string of the molecule is CCCCCCCCCCCCCCCCCN(C(C)(C)C)C(C)(C)C. The molecule has 1 heteroatoms. The summed E-state index contributed by atoms with van der Waals surface area (Å²) in [5, 5.41) is 0. The summed E-state index contributed by atoms with van der Waals surface area (Å²) in [6.45, 7) is 17.6.